The van der Waals surface area contributed by atoms with Crippen molar-refractivity contribution in [3.05, 3.63) is 42.5 Å². The Hall–Kier alpha value is -3.80. The standard InChI is InChI=1S/C27H37N3O9/c1-6-13-37-26(35)30-15-18(28-25(34)39-27(2,3)4)14-19(30)16-38-20-9-7-17(8-10-20)23(32)29-12-11-21(31)22(29)24(33)36-5/h6-10,18-19,21-22,31H,1,11-16H2,2-5H3,(H,28,34)/t18-,19+,21+,22+/m1/s1. The number of nitrogens with zero attached hydrogens (tertiary/aromatic N) is 2. The first kappa shape index (κ1) is 29.8. The number of nitrogens with one attached hydrogen (secondary N) is 1. The predicted octanol–water partition coefficient (Wildman–Crippen LogP) is 2.10. The Morgan fingerprint density at radius 2 is 1.85 bits per heavy atom. The van der Waals surface area contributed by atoms with Crippen LogP contribution >= 0.6 is 0 Å². The van der Waals surface area contributed by atoms with Gasteiger partial charge in [-0.1, -0.05) is 12.7 Å². The SMILES string of the molecule is C=CCOC(=O)N1C[C@H](NC(=O)OC(C)(C)C)C[C@H]1COc1ccc(C(=O)N2CC[C@H](O)[C@H]2C(=O)OC)cc1. The summed E-state index contributed by atoms with van der Waals surface area (Å²) in [6.07, 6.45) is 0.0637. The third-order valence-electron chi connectivity index (χ3n) is 6.31. The number of benzene rings is 1. The Morgan fingerprint density at radius 3 is 2.46 bits per heavy atom. The number of methoxy groups -OCH3 is 1. The minimum absolute atomic E-state index is 0.0491. The number of hydrogen-bond acceptors (Lipinski definition) is 9. The molecule has 0 radical (unpaired) electrons. The van der Waals surface area contributed by atoms with Gasteiger partial charge in [0.15, 0.2) is 6.04 Å². The Balaban J connectivity index is 1.63. The number of aliphatic hydroxyl groups is 1. The molecule has 3 rings (SSSR count). The molecule has 0 bridgehead atoms. The van der Waals surface area contributed by atoms with Crippen LogP contribution in [0.2, 0.25) is 0 Å². The molecule has 1 aromatic carbocycles. The topological polar surface area (TPSA) is 144 Å². The fourth-order valence-corrected chi connectivity index (χ4v) is 4.55. The van der Waals surface area contributed by atoms with Gasteiger partial charge in [0.05, 0.1) is 25.3 Å². The number of aliphatic hydroxyl groups excluding tert-OH is 1. The minimum Gasteiger partial charge on any atom is -0.491 e. The van der Waals surface area contributed by atoms with Gasteiger partial charge in [0.1, 0.15) is 24.6 Å². The molecule has 2 aliphatic rings. The molecule has 0 aliphatic carbocycles. The number of ether oxygens (including phenoxy) is 4. The van der Waals surface area contributed by atoms with Crippen LogP contribution in [-0.4, -0.2) is 102 Å². The van der Waals surface area contributed by atoms with Crippen LogP contribution in [0.1, 0.15) is 44.0 Å². The van der Waals surface area contributed by atoms with Gasteiger partial charge in [-0.25, -0.2) is 14.4 Å². The molecule has 2 saturated heterocycles. The van der Waals surface area contributed by atoms with Gasteiger partial charge in [0.25, 0.3) is 5.91 Å². The third kappa shape index (κ3) is 7.85. The third-order valence-corrected chi connectivity index (χ3v) is 6.31. The summed E-state index contributed by atoms with van der Waals surface area (Å²) < 4.78 is 21.2. The second-order valence-electron chi connectivity index (χ2n) is 10.4. The van der Waals surface area contributed by atoms with Crippen molar-refractivity contribution >= 4 is 24.1 Å². The highest BCUT2D eigenvalue weighted by molar-refractivity contribution is 5.97. The van der Waals surface area contributed by atoms with Crippen LogP contribution < -0.4 is 10.1 Å². The van der Waals surface area contributed by atoms with Gasteiger partial charge >= 0.3 is 18.2 Å². The lowest BCUT2D eigenvalue weighted by molar-refractivity contribution is -0.147. The maximum Gasteiger partial charge on any atom is 0.410 e. The highest BCUT2D eigenvalue weighted by Gasteiger charge is 2.42. The first-order valence-electron chi connectivity index (χ1n) is 12.8. The molecule has 12 heteroatoms. The zero-order valence-electron chi connectivity index (χ0n) is 22.8. The number of hydrogen-bond donors (Lipinski definition) is 2. The van der Waals surface area contributed by atoms with Crippen LogP contribution in [0.25, 0.3) is 0 Å². The van der Waals surface area contributed by atoms with Crippen molar-refractivity contribution in [1.82, 2.24) is 15.1 Å². The summed E-state index contributed by atoms with van der Waals surface area (Å²) in [5.74, 6) is -0.613. The molecule has 3 amide bonds. The number of carbonyl (C=O) groups is 4. The largest absolute Gasteiger partial charge is 0.491 e. The molecular weight excluding hydrogens is 510 g/mol. The van der Waals surface area contributed by atoms with Crippen molar-refractivity contribution in [2.45, 2.75) is 63.4 Å². The summed E-state index contributed by atoms with van der Waals surface area (Å²) >= 11 is 0. The van der Waals surface area contributed by atoms with Crippen LogP contribution in [0.15, 0.2) is 36.9 Å². The van der Waals surface area contributed by atoms with Crippen LogP contribution in [-0.2, 0) is 19.0 Å². The fraction of sp³-hybridized carbons (Fsp3) is 0.556. The van der Waals surface area contributed by atoms with Crippen molar-refractivity contribution in [2.75, 3.05) is 33.4 Å². The van der Waals surface area contributed by atoms with E-state index in [4.69, 9.17) is 18.9 Å². The van der Waals surface area contributed by atoms with Crippen LogP contribution in [0.3, 0.4) is 0 Å². The van der Waals surface area contributed by atoms with Crippen LogP contribution in [0.4, 0.5) is 9.59 Å². The molecule has 2 fully saturated rings. The molecule has 0 saturated carbocycles. The Morgan fingerprint density at radius 1 is 1.15 bits per heavy atom. The summed E-state index contributed by atoms with van der Waals surface area (Å²) in [6.45, 7) is 9.47. The highest BCUT2D eigenvalue weighted by Crippen LogP contribution is 2.25. The molecule has 0 spiro atoms. The lowest BCUT2D eigenvalue weighted by atomic mass is 10.1. The van der Waals surface area contributed by atoms with E-state index in [0.29, 0.717) is 17.7 Å². The van der Waals surface area contributed by atoms with Crippen molar-refractivity contribution in [2.24, 2.45) is 0 Å². The number of amides is 3. The van der Waals surface area contributed by atoms with E-state index in [1.54, 1.807) is 45.0 Å². The summed E-state index contributed by atoms with van der Waals surface area (Å²) in [6, 6.07) is 4.55. The Bertz CT molecular complexity index is 1050. The molecule has 4 atom stereocenters. The van der Waals surface area contributed by atoms with E-state index in [0.717, 1.165) is 0 Å². The molecule has 1 aromatic rings. The second kappa shape index (κ2) is 12.8. The maximum absolute atomic E-state index is 13.0. The molecule has 2 heterocycles. The molecule has 12 nitrogen and oxygen atoms in total. The van der Waals surface area contributed by atoms with Crippen molar-refractivity contribution < 1.29 is 43.2 Å². The lowest BCUT2D eigenvalue weighted by Gasteiger charge is -2.24. The second-order valence-corrected chi connectivity index (χ2v) is 10.4. The summed E-state index contributed by atoms with van der Waals surface area (Å²) in [4.78, 5) is 52.7. The van der Waals surface area contributed by atoms with Crippen molar-refractivity contribution in [3.63, 3.8) is 0 Å². The minimum atomic E-state index is -1.05. The van der Waals surface area contributed by atoms with Gasteiger partial charge in [-0.15, -0.1) is 0 Å². The summed E-state index contributed by atoms with van der Waals surface area (Å²) in [7, 11) is 1.21. The van der Waals surface area contributed by atoms with E-state index in [1.165, 1.54) is 23.0 Å². The van der Waals surface area contributed by atoms with E-state index >= 15 is 0 Å². The predicted molar refractivity (Wildman–Crippen MR) is 139 cm³/mol. The van der Waals surface area contributed by atoms with Crippen molar-refractivity contribution in [1.29, 1.82) is 0 Å². The smallest absolute Gasteiger partial charge is 0.410 e. The van der Waals surface area contributed by atoms with E-state index in [1.807, 2.05) is 0 Å². The molecule has 39 heavy (non-hydrogen) atoms. The molecule has 2 N–H and O–H groups in total. The van der Waals surface area contributed by atoms with E-state index in [-0.39, 0.29) is 38.8 Å². The van der Waals surface area contributed by atoms with Crippen molar-refractivity contribution in [3.8, 4) is 5.75 Å². The van der Waals surface area contributed by atoms with Gasteiger partial charge in [-0.3, -0.25) is 9.69 Å². The fourth-order valence-electron chi connectivity index (χ4n) is 4.55. The van der Waals surface area contributed by atoms with Crippen LogP contribution in [0, 0.1) is 0 Å². The Labute approximate surface area is 227 Å². The zero-order valence-corrected chi connectivity index (χ0v) is 22.8. The number of alkyl carbamates (subject to hydrolysis) is 1. The van der Waals surface area contributed by atoms with Gasteiger partial charge < -0.3 is 34.3 Å². The Kier molecular flexibility index (Phi) is 9.79. The molecule has 214 valence electrons. The normalized spacial score (nSPS) is 22.7. The number of likely N-dealkylation sites (tertiary alicyclic amines) is 2. The van der Waals surface area contributed by atoms with Gasteiger partial charge in [0, 0.05) is 18.7 Å². The number of carbonyl (C=O) groups excluding carboxylic acids is 4. The average molecular weight is 548 g/mol. The summed E-state index contributed by atoms with van der Waals surface area (Å²) in [5, 5.41) is 12.9. The average Bonchev–Trinajstić information content (AvgIpc) is 3.47. The quantitative estimate of drug-likeness (QED) is 0.284. The summed E-state index contributed by atoms with van der Waals surface area (Å²) in [5.41, 5.74) is -0.335. The van der Waals surface area contributed by atoms with Gasteiger partial charge in [-0.05, 0) is 57.9 Å². The van der Waals surface area contributed by atoms with Gasteiger partial charge in [0.2, 0.25) is 0 Å². The van der Waals surface area contributed by atoms with E-state index < -0.39 is 47.9 Å². The highest BCUT2D eigenvalue weighted by atomic mass is 16.6. The molecular formula is C27H37N3O9. The molecule has 2 aliphatic heterocycles. The maximum atomic E-state index is 13.0. The molecule has 0 aromatic heterocycles. The zero-order chi connectivity index (χ0) is 28.7. The molecule has 0 unspecified atom stereocenters. The number of esters is 1. The van der Waals surface area contributed by atoms with Crippen LogP contribution in [0.5, 0.6) is 5.75 Å². The van der Waals surface area contributed by atoms with E-state index in [2.05, 4.69) is 11.9 Å². The van der Waals surface area contributed by atoms with E-state index in [9.17, 15) is 24.3 Å². The lowest BCUT2D eigenvalue weighted by Crippen LogP contribution is -2.45. The van der Waals surface area contributed by atoms with Gasteiger partial charge in [-0.2, -0.15) is 0 Å². The first-order valence-corrected chi connectivity index (χ1v) is 12.8. The first-order chi connectivity index (χ1) is 18.4. The number of rotatable bonds is 8. The monoisotopic (exact) mass is 547 g/mol.